The first-order valence-corrected chi connectivity index (χ1v) is 14.0. The number of hydrogen-bond acceptors (Lipinski definition) is 6. The van der Waals surface area contributed by atoms with Crippen molar-refractivity contribution in [3.8, 4) is 39.0 Å². The molecule has 2 nitrogen and oxygen atoms in total. The summed E-state index contributed by atoms with van der Waals surface area (Å²) in [6, 6.07) is 17.1. The zero-order valence-corrected chi connectivity index (χ0v) is 20.7. The van der Waals surface area contributed by atoms with Crippen molar-refractivity contribution in [3.05, 3.63) is 70.4 Å². The van der Waals surface area contributed by atoms with Gasteiger partial charge in [0.15, 0.2) is 0 Å². The average Bonchev–Trinajstić information content (AvgIpc) is 3.57. The lowest BCUT2D eigenvalue weighted by atomic mass is 10.1. The van der Waals surface area contributed by atoms with Gasteiger partial charge in [0.2, 0.25) is 0 Å². The van der Waals surface area contributed by atoms with Gasteiger partial charge in [0.25, 0.3) is 0 Å². The van der Waals surface area contributed by atoms with Gasteiger partial charge in [-0.3, -0.25) is 4.79 Å². The van der Waals surface area contributed by atoms with Gasteiger partial charge in [0.1, 0.15) is 0 Å². The van der Waals surface area contributed by atoms with Crippen LogP contribution in [0, 0.1) is 0 Å². The largest absolute Gasteiger partial charge is 0.481 e. The summed E-state index contributed by atoms with van der Waals surface area (Å²) in [5.41, 5.74) is 2.27. The maximum absolute atomic E-state index is 11.5. The predicted octanol–water partition coefficient (Wildman–Crippen LogP) is 8.85. The highest BCUT2D eigenvalue weighted by Gasteiger charge is 2.19. The van der Waals surface area contributed by atoms with Gasteiger partial charge in [-0.25, -0.2) is 0 Å². The summed E-state index contributed by atoms with van der Waals surface area (Å²) in [5, 5.41) is 13.6. The first-order valence-electron chi connectivity index (χ1n) is 9.78. The molecule has 0 saturated carbocycles. The summed E-state index contributed by atoms with van der Waals surface area (Å²) in [5.74, 6) is -0.791. The lowest BCUT2D eigenvalue weighted by Gasteiger charge is -1.99. The van der Waals surface area contributed by atoms with Crippen LogP contribution in [0.15, 0.2) is 59.3 Å². The van der Waals surface area contributed by atoms with Crippen LogP contribution in [0.5, 0.6) is 0 Å². The van der Waals surface area contributed by atoms with E-state index in [1.54, 1.807) is 45.3 Å². The number of rotatable bonds is 7. The van der Waals surface area contributed by atoms with E-state index in [1.807, 2.05) is 17.4 Å². The second-order valence-electron chi connectivity index (χ2n) is 6.97. The van der Waals surface area contributed by atoms with Gasteiger partial charge in [-0.05, 0) is 64.7 Å². The van der Waals surface area contributed by atoms with Gasteiger partial charge in [-0.15, -0.1) is 56.7 Å². The molecular weight excluding hydrogens is 481 g/mol. The number of carboxylic acids is 1. The fraction of sp³-hybridized carbons (Fsp3) is 0.125. The third-order valence-electron chi connectivity index (χ3n) is 4.92. The van der Waals surface area contributed by atoms with Crippen LogP contribution < -0.4 is 0 Å². The molecule has 0 amide bonds. The Hall–Kier alpha value is -2.03. The van der Waals surface area contributed by atoms with Crippen molar-refractivity contribution in [2.75, 3.05) is 0 Å². The lowest BCUT2D eigenvalue weighted by Crippen LogP contribution is -1.99. The Morgan fingerprint density at radius 3 is 1.77 bits per heavy atom. The van der Waals surface area contributed by atoms with Gasteiger partial charge >= 0.3 is 5.97 Å². The van der Waals surface area contributed by atoms with E-state index in [9.17, 15) is 9.90 Å². The van der Waals surface area contributed by atoms with Crippen LogP contribution in [0.3, 0.4) is 0 Å². The molecule has 0 bridgehead atoms. The number of hydrogen-bond donors (Lipinski definition) is 1. The highest BCUT2D eigenvalue weighted by molar-refractivity contribution is 7.29. The van der Waals surface area contributed by atoms with Crippen molar-refractivity contribution < 1.29 is 9.90 Å². The normalized spacial score (nSPS) is 11.3. The zero-order valence-electron chi connectivity index (χ0n) is 16.6. The molecule has 156 valence electrons. The lowest BCUT2D eigenvalue weighted by molar-refractivity contribution is -0.136. The van der Waals surface area contributed by atoms with Gasteiger partial charge in [-0.2, -0.15) is 0 Å². The summed E-state index contributed by atoms with van der Waals surface area (Å²) in [7, 11) is 0. The van der Waals surface area contributed by atoms with Crippen LogP contribution in [0.25, 0.3) is 39.0 Å². The molecular formula is C24H18O2S5. The molecule has 0 radical (unpaired) electrons. The van der Waals surface area contributed by atoms with Crippen molar-refractivity contribution >= 4 is 62.7 Å². The highest BCUT2D eigenvalue weighted by atomic mass is 32.1. The Kier molecular flexibility index (Phi) is 5.95. The van der Waals surface area contributed by atoms with E-state index in [0.29, 0.717) is 0 Å². The molecule has 0 aromatic carbocycles. The SMILES string of the molecule is CCc1cc(-c2cccs2)sc1-c1ccc(-c2sc(-c3cccs3)cc2CC(=O)O)s1. The van der Waals surface area contributed by atoms with Gasteiger partial charge in [0, 0.05) is 39.0 Å². The van der Waals surface area contributed by atoms with Crippen LogP contribution in [0.4, 0.5) is 0 Å². The summed E-state index contributed by atoms with van der Waals surface area (Å²) in [6.45, 7) is 2.20. The molecule has 0 saturated heterocycles. The Morgan fingerprint density at radius 1 is 0.742 bits per heavy atom. The van der Waals surface area contributed by atoms with Crippen LogP contribution >= 0.6 is 56.7 Å². The minimum absolute atomic E-state index is 0.0478. The summed E-state index contributed by atoms with van der Waals surface area (Å²) in [6.07, 6.45) is 1.04. The minimum atomic E-state index is -0.791. The molecule has 0 unspecified atom stereocenters. The van der Waals surface area contributed by atoms with Gasteiger partial charge in [-0.1, -0.05) is 19.1 Å². The molecule has 0 aliphatic carbocycles. The van der Waals surface area contributed by atoms with E-state index in [4.69, 9.17) is 0 Å². The molecule has 0 aliphatic rings. The van der Waals surface area contributed by atoms with E-state index in [2.05, 4.69) is 60.1 Å². The molecule has 0 atom stereocenters. The number of thiophene rings is 5. The molecule has 5 heterocycles. The van der Waals surface area contributed by atoms with Crippen LogP contribution in [-0.4, -0.2) is 11.1 Å². The molecule has 5 rings (SSSR count). The van der Waals surface area contributed by atoms with Crippen molar-refractivity contribution in [1.29, 1.82) is 0 Å². The Morgan fingerprint density at radius 2 is 1.29 bits per heavy atom. The fourth-order valence-corrected chi connectivity index (χ4v) is 8.87. The first kappa shape index (κ1) is 20.8. The zero-order chi connectivity index (χ0) is 21.4. The van der Waals surface area contributed by atoms with E-state index < -0.39 is 5.97 Å². The molecule has 1 N–H and O–H groups in total. The minimum Gasteiger partial charge on any atom is -0.481 e. The van der Waals surface area contributed by atoms with Gasteiger partial charge < -0.3 is 5.11 Å². The summed E-state index contributed by atoms with van der Waals surface area (Å²) < 4.78 is 0. The summed E-state index contributed by atoms with van der Waals surface area (Å²) in [4.78, 5) is 21.3. The fourth-order valence-electron chi connectivity index (χ4n) is 3.49. The standard InChI is InChI=1S/C24H18O2S5/c1-2-14-11-20(16-5-3-9-27-16)30-23(14)18-7-8-19(29-18)24-15(13-22(25)26)12-21(31-24)17-6-4-10-28-17/h3-12H,2,13H2,1H3,(H,25,26). The second kappa shape index (κ2) is 8.84. The maximum Gasteiger partial charge on any atom is 0.307 e. The van der Waals surface area contributed by atoms with Crippen LogP contribution in [-0.2, 0) is 17.6 Å². The van der Waals surface area contributed by atoms with E-state index >= 15 is 0 Å². The van der Waals surface area contributed by atoms with E-state index in [0.717, 1.165) is 26.6 Å². The number of carboxylic acid groups (broad SMARTS) is 1. The van der Waals surface area contributed by atoms with Crippen molar-refractivity contribution in [2.24, 2.45) is 0 Å². The topological polar surface area (TPSA) is 37.3 Å². The molecule has 0 fully saturated rings. The molecule has 0 spiro atoms. The molecule has 5 aromatic rings. The predicted molar refractivity (Wildman–Crippen MR) is 138 cm³/mol. The van der Waals surface area contributed by atoms with Crippen molar-refractivity contribution in [2.45, 2.75) is 19.8 Å². The Labute approximate surface area is 200 Å². The average molecular weight is 499 g/mol. The van der Waals surface area contributed by atoms with E-state index in [1.165, 1.54) is 29.9 Å². The smallest absolute Gasteiger partial charge is 0.307 e. The van der Waals surface area contributed by atoms with Crippen molar-refractivity contribution in [1.82, 2.24) is 0 Å². The van der Waals surface area contributed by atoms with E-state index in [-0.39, 0.29) is 6.42 Å². The third-order valence-corrected chi connectivity index (χ3v) is 10.9. The number of carbonyl (C=O) groups is 1. The second-order valence-corrected chi connectivity index (χ2v) is 12.1. The number of aryl methyl sites for hydroxylation is 1. The maximum atomic E-state index is 11.5. The quantitative estimate of drug-likeness (QED) is 0.243. The third kappa shape index (κ3) is 4.21. The Balaban J connectivity index is 1.55. The first-order chi connectivity index (χ1) is 15.1. The molecule has 0 aliphatic heterocycles. The van der Waals surface area contributed by atoms with Gasteiger partial charge in [0.05, 0.1) is 6.42 Å². The molecule has 7 heteroatoms. The Bertz CT molecular complexity index is 1320. The molecule has 31 heavy (non-hydrogen) atoms. The highest BCUT2D eigenvalue weighted by Crippen LogP contribution is 2.47. The van der Waals surface area contributed by atoms with Crippen LogP contribution in [0.1, 0.15) is 18.1 Å². The number of aliphatic carboxylic acids is 1. The summed E-state index contributed by atoms with van der Waals surface area (Å²) >= 11 is 8.78. The molecule has 5 aromatic heterocycles. The van der Waals surface area contributed by atoms with Crippen LogP contribution in [0.2, 0.25) is 0 Å². The monoisotopic (exact) mass is 498 g/mol. The van der Waals surface area contributed by atoms with Crippen molar-refractivity contribution in [3.63, 3.8) is 0 Å².